The molecule has 0 amide bonds. The summed E-state index contributed by atoms with van der Waals surface area (Å²) in [4.78, 5) is 17.3. The topological polar surface area (TPSA) is 100 Å². The molecular formula is C21H21N3O5S. The molecule has 1 aliphatic rings. The maximum absolute atomic E-state index is 13.3. The lowest BCUT2D eigenvalue weighted by Crippen LogP contribution is -2.48. The number of piperazine rings is 1. The third kappa shape index (κ3) is 4.07. The largest absolute Gasteiger partial charge is 0.482 e. The van der Waals surface area contributed by atoms with Crippen LogP contribution in [0.25, 0.3) is 10.9 Å². The molecule has 30 heavy (non-hydrogen) atoms. The summed E-state index contributed by atoms with van der Waals surface area (Å²) in [6.45, 7) is 1.32. The number of fused-ring (bicyclic) bond motifs is 1. The normalized spacial score (nSPS) is 15.3. The van der Waals surface area contributed by atoms with Gasteiger partial charge in [-0.2, -0.15) is 4.31 Å². The highest BCUT2D eigenvalue weighted by atomic mass is 32.2. The number of benzene rings is 2. The van der Waals surface area contributed by atoms with E-state index in [1.54, 1.807) is 42.5 Å². The van der Waals surface area contributed by atoms with Gasteiger partial charge in [0, 0.05) is 49.5 Å². The van der Waals surface area contributed by atoms with Crippen molar-refractivity contribution in [2.24, 2.45) is 0 Å². The Morgan fingerprint density at radius 2 is 1.80 bits per heavy atom. The van der Waals surface area contributed by atoms with Crippen molar-refractivity contribution in [1.82, 2.24) is 9.29 Å². The fourth-order valence-electron chi connectivity index (χ4n) is 3.54. The van der Waals surface area contributed by atoms with E-state index in [4.69, 9.17) is 9.84 Å². The van der Waals surface area contributed by atoms with Crippen LogP contribution in [0.2, 0.25) is 0 Å². The molecule has 2 heterocycles. The van der Waals surface area contributed by atoms with Crippen LogP contribution in [0.3, 0.4) is 0 Å². The molecule has 9 heteroatoms. The third-order valence-electron chi connectivity index (χ3n) is 5.01. The molecule has 0 bridgehead atoms. The smallest absolute Gasteiger partial charge is 0.341 e. The Morgan fingerprint density at radius 3 is 2.57 bits per heavy atom. The average molecular weight is 427 g/mol. The van der Waals surface area contributed by atoms with Gasteiger partial charge in [0.1, 0.15) is 5.75 Å². The van der Waals surface area contributed by atoms with Crippen LogP contribution in [0.15, 0.2) is 65.7 Å². The van der Waals surface area contributed by atoms with Gasteiger partial charge >= 0.3 is 5.97 Å². The number of aliphatic carboxylic acids is 1. The minimum atomic E-state index is -3.64. The lowest BCUT2D eigenvalue weighted by atomic mass is 10.2. The molecular weight excluding hydrogens is 406 g/mol. The van der Waals surface area contributed by atoms with Gasteiger partial charge in [-0.05, 0) is 24.3 Å². The number of aromatic nitrogens is 1. The first-order valence-corrected chi connectivity index (χ1v) is 10.9. The van der Waals surface area contributed by atoms with Crippen molar-refractivity contribution in [1.29, 1.82) is 0 Å². The molecule has 1 aromatic heterocycles. The van der Waals surface area contributed by atoms with E-state index in [-0.39, 0.29) is 4.90 Å². The predicted octanol–water partition coefficient (Wildman–Crippen LogP) is 2.21. The first kappa shape index (κ1) is 20.1. The van der Waals surface area contributed by atoms with Gasteiger partial charge in [-0.1, -0.05) is 24.3 Å². The second kappa shape index (κ2) is 8.29. The molecule has 0 atom stereocenters. The zero-order valence-corrected chi connectivity index (χ0v) is 17.0. The summed E-state index contributed by atoms with van der Waals surface area (Å²) in [5.74, 6) is -0.573. The Hall–Kier alpha value is -3.17. The van der Waals surface area contributed by atoms with Crippen molar-refractivity contribution in [2.75, 3.05) is 37.7 Å². The zero-order chi connectivity index (χ0) is 21.1. The van der Waals surface area contributed by atoms with Crippen LogP contribution in [0.5, 0.6) is 5.75 Å². The second-order valence-corrected chi connectivity index (χ2v) is 8.80. The fourth-order valence-corrected chi connectivity index (χ4v) is 5.14. The molecule has 1 saturated heterocycles. The van der Waals surface area contributed by atoms with Crippen LogP contribution >= 0.6 is 0 Å². The summed E-state index contributed by atoms with van der Waals surface area (Å²) in [5, 5.41) is 9.37. The average Bonchev–Trinajstić information content (AvgIpc) is 2.77. The zero-order valence-electron chi connectivity index (χ0n) is 16.1. The van der Waals surface area contributed by atoms with Gasteiger partial charge in [-0.3, -0.25) is 4.98 Å². The number of hydrogen-bond donors (Lipinski definition) is 1. The van der Waals surface area contributed by atoms with Crippen LogP contribution in [-0.2, 0) is 14.8 Å². The molecule has 2 aromatic carbocycles. The molecule has 156 valence electrons. The van der Waals surface area contributed by atoms with Gasteiger partial charge < -0.3 is 14.7 Å². The first-order valence-electron chi connectivity index (χ1n) is 9.49. The summed E-state index contributed by atoms with van der Waals surface area (Å²) in [7, 11) is -3.64. The number of ether oxygens (including phenoxy) is 1. The van der Waals surface area contributed by atoms with Gasteiger partial charge in [0.15, 0.2) is 6.61 Å². The van der Waals surface area contributed by atoms with Crippen LogP contribution in [-0.4, -0.2) is 61.6 Å². The standard InChI is InChI=1S/C21H21N3O5S/c25-21(26)15-29-17-5-3-4-16(14-17)23-10-12-24(13-11-23)30(27,28)20-8-9-22-19-7-2-1-6-18(19)20/h1-9,14H,10-13,15H2,(H,25,26). The number of para-hydroxylation sites is 1. The van der Waals surface area contributed by atoms with Gasteiger partial charge in [0.25, 0.3) is 0 Å². The van der Waals surface area contributed by atoms with Crippen molar-refractivity contribution in [3.63, 3.8) is 0 Å². The van der Waals surface area contributed by atoms with Crippen LogP contribution < -0.4 is 9.64 Å². The number of carboxylic acid groups (broad SMARTS) is 1. The fraction of sp³-hybridized carbons (Fsp3) is 0.238. The van der Waals surface area contributed by atoms with Crippen molar-refractivity contribution >= 4 is 32.6 Å². The first-order chi connectivity index (χ1) is 14.4. The molecule has 1 aliphatic heterocycles. The monoisotopic (exact) mass is 427 g/mol. The molecule has 0 radical (unpaired) electrons. The van der Waals surface area contributed by atoms with Gasteiger partial charge in [-0.15, -0.1) is 0 Å². The molecule has 3 aromatic rings. The third-order valence-corrected chi connectivity index (χ3v) is 6.97. The molecule has 0 unspecified atom stereocenters. The van der Waals surface area contributed by atoms with E-state index in [1.165, 1.54) is 10.5 Å². The van der Waals surface area contributed by atoms with Crippen molar-refractivity contribution in [3.8, 4) is 5.75 Å². The summed E-state index contributed by atoms with van der Waals surface area (Å²) in [6, 6.07) is 15.9. The number of pyridine rings is 1. The number of hydrogen-bond acceptors (Lipinski definition) is 6. The van der Waals surface area contributed by atoms with E-state index in [1.807, 2.05) is 12.1 Å². The Bertz CT molecular complexity index is 1170. The summed E-state index contributed by atoms with van der Waals surface area (Å²) in [6.07, 6.45) is 1.52. The molecule has 8 nitrogen and oxygen atoms in total. The molecule has 1 N–H and O–H groups in total. The van der Waals surface area contributed by atoms with Gasteiger partial charge in [-0.25, -0.2) is 13.2 Å². The van der Waals surface area contributed by atoms with Crippen LogP contribution in [0, 0.1) is 0 Å². The predicted molar refractivity (Wildman–Crippen MR) is 112 cm³/mol. The van der Waals surface area contributed by atoms with Crippen LogP contribution in [0.1, 0.15) is 0 Å². The number of carboxylic acids is 1. The van der Waals surface area contributed by atoms with Gasteiger partial charge in [0.05, 0.1) is 10.4 Å². The maximum Gasteiger partial charge on any atom is 0.341 e. The Labute approximate surface area is 174 Å². The van der Waals surface area contributed by atoms with Crippen molar-refractivity contribution < 1.29 is 23.1 Å². The Balaban J connectivity index is 1.49. The molecule has 0 saturated carbocycles. The molecule has 0 spiro atoms. The number of anilines is 1. The summed E-state index contributed by atoms with van der Waals surface area (Å²) in [5.41, 5.74) is 1.51. The van der Waals surface area contributed by atoms with E-state index in [9.17, 15) is 13.2 Å². The second-order valence-electron chi connectivity index (χ2n) is 6.90. The minimum Gasteiger partial charge on any atom is -0.482 e. The number of sulfonamides is 1. The van der Waals surface area contributed by atoms with Crippen LogP contribution in [0.4, 0.5) is 5.69 Å². The van der Waals surface area contributed by atoms with E-state index in [2.05, 4.69) is 9.88 Å². The van der Waals surface area contributed by atoms with E-state index >= 15 is 0 Å². The highest BCUT2D eigenvalue weighted by molar-refractivity contribution is 7.89. The van der Waals surface area contributed by atoms with Gasteiger partial charge in [0.2, 0.25) is 10.0 Å². The van der Waals surface area contributed by atoms with Crippen molar-refractivity contribution in [2.45, 2.75) is 4.90 Å². The Morgan fingerprint density at radius 1 is 1.03 bits per heavy atom. The van der Waals surface area contributed by atoms with Crippen molar-refractivity contribution in [3.05, 3.63) is 60.8 Å². The molecule has 1 fully saturated rings. The highest BCUT2D eigenvalue weighted by Gasteiger charge is 2.30. The quantitative estimate of drug-likeness (QED) is 0.644. The Kier molecular flexibility index (Phi) is 5.56. The highest BCUT2D eigenvalue weighted by Crippen LogP contribution is 2.27. The minimum absolute atomic E-state index is 0.269. The van der Waals surface area contributed by atoms with E-state index in [0.717, 1.165) is 5.69 Å². The van der Waals surface area contributed by atoms with E-state index in [0.29, 0.717) is 42.8 Å². The molecule has 4 rings (SSSR count). The van der Waals surface area contributed by atoms with E-state index < -0.39 is 22.6 Å². The lowest BCUT2D eigenvalue weighted by Gasteiger charge is -2.35. The lowest BCUT2D eigenvalue weighted by molar-refractivity contribution is -0.139. The number of carbonyl (C=O) groups is 1. The number of nitrogens with zero attached hydrogens (tertiary/aromatic N) is 3. The maximum atomic E-state index is 13.3. The summed E-state index contributed by atoms with van der Waals surface area (Å²) >= 11 is 0. The SMILES string of the molecule is O=C(O)COc1cccc(N2CCN(S(=O)(=O)c3ccnc4ccccc34)CC2)c1. The number of rotatable bonds is 6. The summed E-state index contributed by atoms with van der Waals surface area (Å²) < 4.78 is 33.2. The molecule has 0 aliphatic carbocycles.